The van der Waals surface area contributed by atoms with Crippen LogP contribution in [0.1, 0.15) is 5.69 Å². The minimum absolute atomic E-state index is 0.189. The lowest BCUT2D eigenvalue weighted by Crippen LogP contribution is -2.13. The molecule has 2 aromatic rings. The van der Waals surface area contributed by atoms with Crippen molar-refractivity contribution in [2.75, 3.05) is 7.05 Å². The number of hydrogen-bond donors (Lipinski definition) is 1. The molecule has 0 spiro atoms. The van der Waals surface area contributed by atoms with E-state index in [0.29, 0.717) is 11.2 Å². The highest BCUT2D eigenvalue weighted by Crippen LogP contribution is 2.14. The van der Waals surface area contributed by atoms with Crippen LogP contribution in [0.3, 0.4) is 0 Å². The van der Waals surface area contributed by atoms with Gasteiger partial charge in [0.15, 0.2) is 0 Å². The van der Waals surface area contributed by atoms with Crippen LogP contribution in [0, 0.1) is 5.82 Å². The van der Waals surface area contributed by atoms with Gasteiger partial charge in [-0.15, -0.1) is 0 Å². The second-order valence-corrected chi connectivity index (χ2v) is 3.52. The highest BCUT2D eigenvalue weighted by atomic mass is 19.1. The number of rotatable bonds is 2. The van der Waals surface area contributed by atoms with Crippen LogP contribution in [-0.2, 0) is 4.79 Å². The number of nitrogens with one attached hydrogen (secondary N) is 1. The summed E-state index contributed by atoms with van der Waals surface area (Å²) in [6, 6.07) is 7.91. The Kier molecular flexibility index (Phi) is 3.14. The summed E-state index contributed by atoms with van der Waals surface area (Å²) in [4.78, 5) is 15.3. The molecule has 0 radical (unpaired) electrons. The molecule has 0 bridgehead atoms. The van der Waals surface area contributed by atoms with E-state index in [9.17, 15) is 9.18 Å². The van der Waals surface area contributed by atoms with E-state index < -0.39 is 0 Å². The molecule has 86 valence electrons. The van der Waals surface area contributed by atoms with Crippen molar-refractivity contribution in [1.29, 1.82) is 0 Å². The lowest BCUT2D eigenvalue weighted by molar-refractivity contribution is -0.115. The number of likely N-dealkylation sites (N-methyl/N-ethyl adjacent to an activating group) is 1. The van der Waals surface area contributed by atoms with Crippen molar-refractivity contribution in [2.45, 2.75) is 0 Å². The fourth-order valence-corrected chi connectivity index (χ4v) is 1.45. The predicted octanol–water partition coefficient (Wildman–Crippen LogP) is 2.13. The van der Waals surface area contributed by atoms with Crippen LogP contribution < -0.4 is 5.32 Å². The van der Waals surface area contributed by atoms with E-state index in [1.54, 1.807) is 31.3 Å². The molecule has 1 amide bonds. The quantitative estimate of drug-likeness (QED) is 0.803. The summed E-state index contributed by atoms with van der Waals surface area (Å²) in [6.07, 6.45) is 3.01. The summed E-state index contributed by atoms with van der Waals surface area (Å²) >= 11 is 0. The van der Waals surface area contributed by atoms with E-state index >= 15 is 0 Å². The minimum Gasteiger partial charge on any atom is -0.356 e. The maximum Gasteiger partial charge on any atom is 0.243 e. The smallest absolute Gasteiger partial charge is 0.243 e. The van der Waals surface area contributed by atoms with Crippen LogP contribution >= 0.6 is 0 Å². The van der Waals surface area contributed by atoms with E-state index in [0.717, 1.165) is 5.39 Å². The molecule has 2 rings (SSSR count). The Morgan fingerprint density at radius 1 is 1.35 bits per heavy atom. The molecule has 0 aliphatic carbocycles. The van der Waals surface area contributed by atoms with Crippen LogP contribution in [0.15, 0.2) is 36.4 Å². The van der Waals surface area contributed by atoms with Crippen molar-refractivity contribution in [2.24, 2.45) is 0 Å². The monoisotopic (exact) mass is 230 g/mol. The number of carbonyl (C=O) groups is 1. The number of nitrogens with zero attached hydrogens (tertiary/aromatic N) is 1. The third kappa shape index (κ3) is 2.66. The van der Waals surface area contributed by atoms with Gasteiger partial charge in [0.05, 0.1) is 11.2 Å². The molecule has 1 N–H and O–H groups in total. The van der Waals surface area contributed by atoms with Crippen molar-refractivity contribution in [3.05, 3.63) is 47.9 Å². The van der Waals surface area contributed by atoms with Gasteiger partial charge in [-0.3, -0.25) is 4.79 Å². The number of fused-ring (bicyclic) bond motifs is 1. The summed E-state index contributed by atoms with van der Waals surface area (Å²) in [5.74, 6) is -0.473. The fraction of sp³-hybridized carbons (Fsp3) is 0.0769. The fourth-order valence-electron chi connectivity index (χ4n) is 1.45. The number of amides is 1. The van der Waals surface area contributed by atoms with Gasteiger partial charge in [0.25, 0.3) is 0 Å². The molecular weight excluding hydrogens is 219 g/mol. The van der Waals surface area contributed by atoms with Crippen LogP contribution in [0.2, 0.25) is 0 Å². The maximum atomic E-state index is 12.9. The molecule has 0 saturated carbocycles. The van der Waals surface area contributed by atoms with Gasteiger partial charge in [0.2, 0.25) is 5.91 Å². The molecule has 0 aliphatic rings. The first-order valence-electron chi connectivity index (χ1n) is 5.15. The molecule has 17 heavy (non-hydrogen) atoms. The summed E-state index contributed by atoms with van der Waals surface area (Å²) in [5, 5.41) is 3.21. The SMILES string of the molecule is CNC(=O)/C=C/c1ccc2cc(F)ccc2n1. The van der Waals surface area contributed by atoms with Crippen molar-refractivity contribution >= 4 is 22.9 Å². The topological polar surface area (TPSA) is 42.0 Å². The van der Waals surface area contributed by atoms with Gasteiger partial charge >= 0.3 is 0 Å². The summed E-state index contributed by atoms with van der Waals surface area (Å²) in [6.45, 7) is 0. The van der Waals surface area contributed by atoms with Gasteiger partial charge in [0, 0.05) is 18.5 Å². The molecule has 0 unspecified atom stereocenters. The largest absolute Gasteiger partial charge is 0.356 e. The normalized spacial score (nSPS) is 10.9. The predicted molar refractivity (Wildman–Crippen MR) is 64.8 cm³/mol. The Morgan fingerprint density at radius 2 is 2.18 bits per heavy atom. The average molecular weight is 230 g/mol. The van der Waals surface area contributed by atoms with Gasteiger partial charge in [-0.05, 0) is 30.3 Å². The molecule has 1 heterocycles. The first kappa shape index (κ1) is 11.3. The Hall–Kier alpha value is -2.23. The summed E-state index contributed by atoms with van der Waals surface area (Å²) in [5.41, 5.74) is 1.36. The Bertz CT molecular complexity index is 593. The Morgan fingerprint density at radius 3 is 2.94 bits per heavy atom. The molecule has 4 heteroatoms. The number of halogens is 1. The molecular formula is C13H11FN2O. The molecule has 0 aliphatic heterocycles. The summed E-state index contributed by atoms with van der Waals surface area (Å²) < 4.78 is 12.9. The third-order valence-corrected chi connectivity index (χ3v) is 2.32. The Balaban J connectivity index is 2.35. The minimum atomic E-state index is -0.284. The molecule has 0 saturated heterocycles. The second-order valence-electron chi connectivity index (χ2n) is 3.52. The van der Waals surface area contributed by atoms with Gasteiger partial charge in [0.1, 0.15) is 5.82 Å². The zero-order chi connectivity index (χ0) is 12.3. The van der Waals surface area contributed by atoms with Gasteiger partial charge in [-0.1, -0.05) is 6.07 Å². The van der Waals surface area contributed by atoms with Crippen molar-refractivity contribution in [3.8, 4) is 0 Å². The average Bonchev–Trinajstić information content (AvgIpc) is 2.35. The van der Waals surface area contributed by atoms with Crippen molar-refractivity contribution in [1.82, 2.24) is 10.3 Å². The zero-order valence-corrected chi connectivity index (χ0v) is 9.27. The molecule has 3 nitrogen and oxygen atoms in total. The van der Waals surface area contributed by atoms with E-state index in [2.05, 4.69) is 10.3 Å². The zero-order valence-electron chi connectivity index (χ0n) is 9.27. The van der Waals surface area contributed by atoms with Crippen LogP contribution in [0.4, 0.5) is 4.39 Å². The first-order valence-corrected chi connectivity index (χ1v) is 5.15. The molecule has 1 aromatic heterocycles. The number of hydrogen-bond acceptors (Lipinski definition) is 2. The number of aromatic nitrogens is 1. The standard InChI is InChI=1S/C13H11FN2O/c1-15-13(17)7-5-11-4-2-9-8-10(14)3-6-12(9)16-11/h2-8H,1H3,(H,15,17)/b7-5+. The molecule has 1 aromatic carbocycles. The van der Waals surface area contributed by atoms with Gasteiger partial charge in [-0.2, -0.15) is 0 Å². The second kappa shape index (κ2) is 4.74. The third-order valence-electron chi connectivity index (χ3n) is 2.32. The first-order chi connectivity index (χ1) is 8.19. The van der Waals surface area contributed by atoms with E-state index in [1.807, 2.05) is 0 Å². The van der Waals surface area contributed by atoms with E-state index in [-0.39, 0.29) is 11.7 Å². The molecule has 0 atom stereocenters. The van der Waals surface area contributed by atoms with Gasteiger partial charge in [-0.25, -0.2) is 9.37 Å². The Labute approximate surface area is 98.0 Å². The molecule has 0 fully saturated rings. The van der Waals surface area contributed by atoms with Crippen LogP contribution in [0.25, 0.3) is 17.0 Å². The lowest BCUT2D eigenvalue weighted by Gasteiger charge is -1.99. The maximum absolute atomic E-state index is 12.9. The highest BCUT2D eigenvalue weighted by Gasteiger charge is 1.98. The summed E-state index contributed by atoms with van der Waals surface area (Å²) in [7, 11) is 1.56. The van der Waals surface area contributed by atoms with Crippen LogP contribution in [-0.4, -0.2) is 17.9 Å². The number of pyridine rings is 1. The van der Waals surface area contributed by atoms with Crippen molar-refractivity contribution in [3.63, 3.8) is 0 Å². The highest BCUT2D eigenvalue weighted by molar-refractivity contribution is 5.91. The van der Waals surface area contributed by atoms with Crippen molar-refractivity contribution < 1.29 is 9.18 Å². The van der Waals surface area contributed by atoms with Crippen LogP contribution in [0.5, 0.6) is 0 Å². The number of benzene rings is 1. The number of carbonyl (C=O) groups excluding carboxylic acids is 1. The van der Waals surface area contributed by atoms with Gasteiger partial charge < -0.3 is 5.32 Å². The van der Waals surface area contributed by atoms with E-state index in [1.165, 1.54) is 18.2 Å². The lowest BCUT2D eigenvalue weighted by atomic mass is 10.2. The van der Waals surface area contributed by atoms with E-state index in [4.69, 9.17) is 0 Å².